The average molecular weight is 245 g/mol. The van der Waals surface area contributed by atoms with Crippen molar-refractivity contribution in [2.75, 3.05) is 6.61 Å². The molecule has 0 amide bonds. The topological polar surface area (TPSA) is 59.6 Å². The molecule has 5 heteroatoms. The Bertz CT molecular complexity index is 504. The van der Waals surface area contributed by atoms with Crippen molar-refractivity contribution in [2.45, 2.75) is 13.5 Å². The van der Waals surface area contributed by atoms with Gasteiger partial charge >= 0.3 is 0 Å². The van der Waals surface area contributed by atoms with E-state index in [1.807, 2.05) is 41.2 Å². The van der Waals surface area contributed by atoms with E-state index < -0.39 is 0 Å². The van der Waals surface area contributed by atoms with Gasteiger partial charge in [-0.25, -0.2) is 0 Å². The second-order valence-electron chi connectivity index (χ2n) is 3.83. The van der Waals surface area contributed by atoms with E-state index in [4.69, 9.17) is 9.94 Å². The molecule has 0 fully saturated rings. The largest absolute Gasteiger partial charge is 0.492 e. The number of nitrogens with zero attached hydrogens (tertiary/aromatic N) is 3. The van der Waals surface area contributed by atoms with Gasteiger partial charge in [-0.15, -0.1) is 0 Å². The van der Waals surface area contributed by atoms with Gasteiger partial charge in [-0.1, -0.05) is 5.16 Å². The maximum Gasteiger partial charge on any atom is 0.119 e. The van der Waals surface area contributed by atoms with Gasteiger partial charge in [0, 0.05) is 12.4 Å². The lowest BCUT2D eigenvalue weighted by atomic mass is 10.1. The molecule has 2 rings (SSSR count). The van der Waals surface area contributed by atoms with Crippen LogP contribution in [0.25, 0.3) is 0 Å². The number of aromatic nitrogens is 2. The van der Waals surface area contributed by atoms with Crippen LogP contribution in [-0.2, 0) is 6.54 Å². The van der Waals surface area contributed by atoms with Crippen LogP contribution in [0.4, 0.5) is 0 Å². The summed E-state index contributed by atoms with van der Waals surface area (Å²) in [5.74, 6) is 0.789. The van der Waals surface area contributed by atoms with Crippen LogP contribution in [0.5, 0.6) is 5.75 Å². The van der Waals surface area contributed by atoms with Crippen LogP contribution in [0.3, 0.4) is 0 Å². The van der Waals surface area contributed by atoms with Crippen LogP contribution in [-0.4, -0.2) is 27.3 Å². The summed E-state index contributed by atoms with van der Waals surface area (Å²) in [4.78, 5) is 0. The first-order valence-corrected chi connectivity index (χ1v) is 5.69. The molecular weight excluding hydrogens is 230 g/mol. The molecule has 0 unspecified atom stereocenters. The van der Waals surface area contributed by atoms with Gasteiger partial charge in [0.25, 0.3) is 0 Å². The van der Waals surface area contributed by atoms with Crippen LogP contribution < -0.4 is 4.74 Å². The SMILES string of the molecule is C/C(=N/O)c1ccc(OCCn2cccn2)cc1. The van der Waals surface area contributed by atoms with Crippen molar-refractivity contribution in [3.63, 3.8) is 0 Å². The third-order valence-electron chi connectivity index (χ3n) is 2.57. The molecule has 0 saturated carbocycles. The monoisotopic (exact) mass is 245 g/mol. The summed E-state index contributed by atoms with van der Waals surface area (Å²) < 4.78 is 7.40. The second-order valence-corrected chi connectivity index (χ2v) is 3.83. The summed E-state index contributed by atoms with van der Waals surface area (Å²) >= 11 is 0. The van der Waals surface area contributed by atoms with Gasteiger partial charge in [-0.05, 0) is 42.8 Å². The van der Waals surface area contributed by atoms with Crippen molar-refractivity contribution >= 4 is 5.71 Å². The van der Waals surface area contributed by atoms with Crippen molar-refractivity contribution in [1.82, 2.24) is 9.78 Å². The molecule has 0 spiro atoms. The quantitative estimate of drug-likeness (QED) is 0.499. The summed E-state index contributed by atoms with van der Waals surface area (Å²) in [6.07, 6.45) is 3.64. The minimum absolute atomic E-state index is 0.564. The van der Waals surface area contributed by atoms with Gasteiger partial charge in [-0.3, -0.25) is 4.68 Å². The molecule has 0 aliphatic heterocycles. The van der Waals surface area contributed by atoms with Crippen LogP contribution >= 0.6 is 0 Å². The van der Waals surface area contributed by atoms with E-state index in [9.17, 15) is 0 Å². The lowest BCUT2D eigenvalue weighted by Gasteiger charge is -2.07. The number of ether oxygens (including phenoxy) is 1. The fraction of sp³-hybridized carbons (Fsp3) is 0.231. The number of benzene rings is 1. The molecule has 2 aromatic rings. The summed E-state index contributed by atoms with van der Waals surface area (Å²) in [5, 5.41) is 15.9. The molecule has 0 aliphatic carbocycles. The molecule has 0 aliphatic rings. The summed E-state index contributed by atoms with van der Waals surface area (Å²) in [6, 6.07) is 9.31. The summed E-state index contributed by atoms with van der Waals surface area (Å²) in [6.45, 7) is 3.02. The first-order valence-electron chi connectivity index (χ1n) is 5.69. The summed E-state index contributed by atoms with van der Waals surface area (Å²) in [7, 11) is 0. The number of hydrogen-bond acceptors (Lipinski definition) is 4. The second kappa shape index (κ2) is 5.86. The highest BCUT2D eigenvalue weighted by molar-refractivity contribution is 5.98. The third-order valence-corrected chi connectivity index (χ3v) is 2.57. The standard InChI is InChI=1S/C13H15N3O2/c1-11(15-17)12-3-5-13(6-4-12)18-10-9-16-8-2-7-14-16/h2-8,17H,9-10H2,1H3/b15-11-. The fourth-order valence-corrected chi connectivity index (χ4v) is 1.54. The lowest BCUT2D eigenvalue weighted by Crippen LogP contribution is -2.08. The van der Waals surface area contributed by atoms with Crippen molar-refractivity contribution in [2.24, 2.45) is 5.16 Å². The van der Waals surface area contributed by atoms with Gasteiger partial charge < -0.3 is 9.94 Å². The Labute approximate surface area is 105 Å². The van der Waals surface area contributed by atoms with Gasteiger partial charge in [0.15, 0.2) is 0 Å². The molecule has 0 bridgehead atoms. The van der Waals surface area contributed by atoms with Gasteiger partial charge in [-0.2, -0.15) is 5.10 Å². The van der Waals surface area contributed by atoms with Crippen LogP contribution in [0, 0.1) is 0 Å². The van der Waals surface area contributed by atoms with Crippen LogP contribution in [0.15, 0.2) is 47.9 Å². The zero-order chi connectivity index (χ0) is 12.8. The Balaban J connectivity index is 1.87. The first kappa shape index (κ1) is 12.2. The van der Waals surface area contributed by atoms with Crippen molar-refractivity contribution in [3.8, 4) is 5.75 Å². The van der Waals surface area contributed by atoms with Gasteiger partial charge in [0.2, 0.25) is 0 Å². The first-order chi connectivity index (χ1) is 8.79. The maximum atomic E-state index is 8.65. The van der Waals surface area contributed by atoms with E-state index in [1.165, 1.54) is 0 Å². The van der Waals surface area contributed by atoms with E-state index >= 15 is 0 Å². The molecule has 1 aromatic heterocycles. The Kier molecular flexibility index (Phi) is 3.96. The van der Waals surface area contributed by atoms with Crippen molar-refractivity contribution in [3.05, 3.63) is 48.3 Å². The molecular formula is C13H15N3O2. The van der Waals surface area contributed by atoms with Crippen molar-refractivity contribution in [1.29, 1.82) is 0 Å². The Morgan fingerprint density at radius 2 is 2.17 bits per heavy atom. The maximum absolute atomic E-state index is 8.65. The molecule has 1 aromatic carbocycles. The highest BCUT2D eigenvalue weighted by Crippen LogP contribution is 2.12. The number of hydrogen-bond donors (Lipinski definition) is 1. The molecule has 94 valence electrons. The normalized spacial score (nSPS) is 11.5. The molecule has 1 heterocycles. The lowest BCUT2D eigenvalue weighted by molar-refractivity contribution is 0.291. The predicted molar refractivity (Wildman–Crippen MR) is 68.2 cm³/mol. The number of oxime groups is 1. The molecule has 0 radical (unpaired) electrons. The van der Waals surface area contributed by atoms with Crippen LogP contribution in [0.1, 0.15) is 12.5 Å². The molecule has 5 nitrogen and oxygen atoms in total. The summed E-state index contributed by atoms with van der Waals surface area (Å²) in [5.41, 5.74) is 1.45. The predicted octanol–water partition coefficient (Wildman–Crippen LogP) is 2.16. The molecule has 0 atom stereocenters. The van der Waals surface area contributed by atoms with Crippen molar-refractivity contribution < 1.29 is 9.94 Å². The van der Waals surface area contributed by atoms with E-state index in [0.717, 1.165) is 11.3 Å². The average Bonchev–Trinajstić information content (AvgIpc) is 2.92. The Morgan fingerprint density at radius 3 is 2.78 bits per heavy atom. The van der Waals surface area contributed by atoms with Gasteiger partial charge in [0.05, 0.1) is 12.3 Å². The zero-order valence-electron chi connectivity index (χ0n) is 10.2. The zero-order valence-corrected chi connectivity index (χ0v) is 10.2. The minimum Gasteiger partial charge on any atom is -0.492 e. The molecule has 1 N–H and O–H groups in total. The van der Waals surface area contributed by atoms with E-state index in [2.05, 4.69) is 10.3 Å². The highest BCUT2D eigenvalue weighted by Gasteiger charge is 1.99. The van der Waals surface area contributed by atoms with Crippen LogP contribution in [0.2, 0.25) is 0 Å². The highest BCUT2D eigenvalue weighted by atomic mass is 16.5. The molecule has 0 saturated heterocycles. The molecule has 18 heavy (non-hydrogen) atoms. The Hall–Kier alpha value is -2.30. The van der Waals surface area contributed by atoms with E-state index in [0.29, 0.717) is 18.9 Å². The van der Waals surface area contributed by atoms with Gasteiger partial charge in [0.1, 0.15) is 12.4 Å². The minimum atomic E-state index is 0.564. The van der Waals surface area contributed by atoms with E-state index in [1.54, 1.807) is 13.1 Å². The third kappa shape index (κ3) is 3.10. The smallest absolute Gasteiger partial charge is 0.119 e. The Morgan fingerprint density at radius 1 is 1.39 bits per heavy atom. The fourth-order valence-electron chi connectivity index (χ4n) is 1.54. The number of rotatable bonds is 5. The van der Waals surface area contributed by atoms with E-state index in [-0.39, 0.29) is 0 Å².